The summed E-state index contributed by atoms with van der Waals surface area (Å²) < 4.78 is 5.43. The first-order chi connectivity index (χ1) is 7.08. The molecule has 1 unspecified atom stereocenters. The summed E-state index contributed by atoms with van der Waals surface area (Å²) in [5.41, 5.74) is 0.473. The molecule has 0 aromatic heterocycles. The molecule has 0 radical (unpaired) electrons. The monoisotopic (exact) mass is 210 g/mol. The van der Waals surface area contributed by atoms with Crippen LogP contribution in [0.4, 0.5) is 0 Å². The Hall–Kier alpha value is -0.500. The van der Waals surface area contributed by atoms with Gasteiger partial charge in [-0.3, -0.25) is 0 Å². The van der Waals surface area contributed by atoms with Gasteiger partial charge in [-0.2, -0.15) is 0 Å². The molecule has 0 aromatic rings. The molecular weight excluding hydrogens is 188 g/mol. The summed E-state index contributed by atoms with van der Waals surface area (Å²) in [7, 11) is 0. The molecule has 0 saturated heterocycles. The van der Waals surface area contributed by atoms with Crippen LogP contribution in [0.25, 0.3) is 0 Å². The fraction of sp³-hybridized carbons (Fsp3) is 0.846. The molecule has 1 saturated carbocycles. The van der Waals surface area contributed by atoms with Crippen LogP contribution < -0.4 is 0 Å². The third kappa shape index (κ3) is 2.54. The first-order valence-electron chi connectivity index (χ1n) is 6.09. The van der Waals surface area contributed by atoms with E-state index in [1.54, 1.807) is 0 Å². The van der Waals surface area contributed by atoms with Gasteiger partial charge < -0.3 is 9.84 Å². The lowest BCUT2D eigenvalue weighted by Crippen LogP contribution is -2.30. The van der Waals surface area contributed by atoms with E-state index in [9.17, 15) is 5.11 Å². The second-order valence-electron chi connectivity index (χ2n) is 5.69. The number of rotatable bonds is 2. The fourth-order valence-electron chi connectivity index (χ4n) is 2.61. The minimum atomic E-state index is -0.344. The highest BCUT2D eigenvalue weighted by molar-refractivity contribution is 5.06. The van der Waals surface area contributed by atoms with Crippen molar-refractivity contribution in [3.05, 3.63) is 11.8 Å². The van der Waals surface area contributed by atoms with E-state index in [1.807, 2.05) is 6.08 Å². The van der Waals surface area contributed by atoms with Crippen molar-refractivity contribution in [2.24, 2.45) is 11.3 Å². The van der Waals surface area contributed by atoms with Crippen molar-refractivity contribution < 1.29 is 9.84 Å². The Balaban J connectivity index is 1.90. The smallest absolute Gasteiger partial charge is 0.121 e. The van der Waals surface area contributed by atoms with Gasteiger partial charge in [0.25, 0.3) is 0 Å². The van der Waals surface area contributed by atoms with Gasteiger partial charge in [-0.1, -0.05) is 13.8 Å². The summed E-state index contributed by atoms with van der Waals surface area (Å²) in [6, 6.07) is 0. The lowest BCUT2D eigenvalue weighted by molar-refractivity contribution is 0.0400. The normalized spacial score (nSPS) is 28.3. The maximum Gasteiger partial charge on any atom is 0.121 e. The van der Waals surface area contributed by atoms with E-state index in [-0.39, 0.29) is 6.10 Å². The highest BCUT2D eigenvalue weighted by atomic mass is 16.5. The van der Waals surface area contributed by atoms with Gasteiger partial charge in [-0.05, 0) is 43.1 Å². The Bertz CT molecular complexity index is 245. The molecule has 0 spiro atoms. The molecule has 1 fully saturated rings. The Labute approximate surface area is 92.3 Å². The quantitative estimate of drug-likeness (QED) is 0.759. The summed E-state index contributed by atoms with van der Waals surface area (Å²) >= 11 is 0. The maximum atomic E-state index is 10.2. The molecule has 2 nitrogen and oxygen atoms in total. The molecule has 2 heteroatoms. The van der Waals surface area contributed by atoms with E-state index in [0.29, 0.717) is 11.3 Å². The summed E-state index contributed by atoms with van der Waals surface area (Å²) in [6.45, 7) is 5.40. The SMILES string of the molecule is CC1(C)CCC(C(O)C2=CCCO2)CC1. The zero-order valence-corrected chi connectivity index (χ0v) is 9.83. The van der Waals surface area contributed by atoms with Crippen LogP contribution >= 0.6 is 0 Å². The van der Waals surface area contributed by atoms with Crippen LogP contribution in [0, 0.1) is 11.3 Å². The van der Waals surface area contributed by atoms with Crippen LogP contribution in [-0.4, -0.2) is 17.8 Å². The van der Waals surface area contributed by atoms with Gasteiger partial charge in [0, 0.05) is 6.42 Å². The standard InChI is InChI=1S/C13H22O2/c1-13(2)7-5-10(6-8-13)12(14)11-4-3-9-15-11/h4,10,12,14H,3,5-9H2,1-2H3. The highest BCUT2D eigenvalue weighted by Gasteiger charge is 2.33. The van der Waals surface area contributed by atoms with Gasteiger partial charge in [0.1, 0.15) is 11.9 Å². The van der Waals surface area contributed by atoms with Crippen molar-refractivity contribution in [1.29, 1.82) is 0 Å². The maximum absolute atomic E-state index is 10.2. The average molecular weight is 210 g/mol. The van der Waals surface area contributed by atoms with Crippen LogP contribution in [-0.2, 0) is 4.74 Å². The second-order valence-corrected chi connectivity index (χ2v) is 5.69. The second kappa shape index (κ2) is 4.17. The molecule has 1 aliphatic heterocycles. The third-order valence-corrected chi connectivity index (χ3v) is 3.85. The number of aliphatic hydroxyl groups is 1. The lowest BCUT2D eigenvalue weighted by atomic mass is 9.71. The Kier molecular flexibility index (Phi) is 3.06. The lowest BCUT2D eigenvalue weighted by Gasteiger charge is -2.36. The van der Waals surface area contributed by atoms with Gasteiger partial charge in [0.15, 0.2) is 0 Å². The van der Waals surface area contributed by atoms with Crippen LogP contribution in [0.2, 0.25) is 0 Å². The number of hydrogen-bond acceptors (Lipinski definition) is 2. The Morgan fingerprint density at radius 1 is 1.40 bits per heavy atom. The molecule has 0 bridgehead atoms. The van der Waals surface area contributed by atoms with Crippen molar-refractivity contribution in [2.75, 3.05) is 6.61 Å². The summed E-state index contributed by atoms with van der Waals surface area (Å²) in [4.78, 5) is 0. The molecular formula is C13H22O2. The van der Waals surface area contributed by atoms with E-state index in [1.165, 1.54) is 12.8 Å². The Morgan fingerprint density at radius 3 is 2.60 bits per heavy atom. The topological polar surface area (TPSA) is 29.5 Å². The van der Waals surface area contributed by atoms with Gasteiger partial charge in [0.2, 0.25) is 0 Å². The first-order valence-corrected chi connectivity index (χ1v) is 6.09. The van der Waals surface area contributed by atoms with Crippen LogP contribution in [0.3, 0.4) is 0 Å². The molecule has 1 heterocycles. The van der Waals surface area contributed by atoms with Crippen molar-refractivity contribution in [2.45, 2.75) is 52.1 Å². The van der Waals surface area contributed by atoms with Crippen molar-refractivity contribution in [1.82, 2.24) is 0 Å². The largest absolute Gasteiger partial charge is 0.495 e. The predicted octanol–water partition coefficient (Wildman–Crippen LogP) is 2.87. The highest BCUT2D eigenvalue weighted by Crippen LogP contribution is 2.40. The Morgan fingerprint density at radius 2 is 2.07 bits per heavy atom. The zero-order valence-electron chi connectivity index (χ0n) is 9.83. The fourth-order valence-corrected chi connectivity index (χ4v) is 2.61. The molecule has 1 aliphatic carbocycles. The molecule has 86 valence electrons. The third-order valence-electron chi connectivity index (χ3n) is 3.85. The van der Waals surface area contributed by atoms with Gasteiger partial charge in [-0.15, -0.1) is 0 Å². The summed E-state index contributed by atoms with van der Waals surface area (Å²) in [6.07, 6.45) is 7.38. The number of ether oxygens (including phenoxy) is 1. The van der Waals surface area contributed by atoms with E-state index < -0.39 is 0 Å². The molecule has 1 atom stereocenters. The summed E-state index contributed by atoms with van der Waals surface area (Å²) in [5.74, 6) is 1.25. The van der Waals surface area contributed by atoms with E-state index >= 15 is 0 Å². The minimum Gasteiger partial charge on any atom is -0.495 e. The number of aliphatic hydroxyl groups excluding tert-OH is 1. The molecule has 2 aliphatic rings. The van der Waals surface area contributed by atoms with Crippen LogP contribution in [0.15, 0.2) is 11.8 Å². The van der Waals surface area contributed by atoms with Crippen molar-refractivity contribution >= 4 is 0 Å². The van der Waals surface area contributed by atoms with Crippen LogP contribution in [0.1, 0.15) is 46.0 Å². The van der Waals surface area contributed by atoms with Crippen LogP contribution in [0.5, 0.6) is 0 Å². The molecule has 0 aromatic carbocycles. The molecule has 2 rings (SSSR count). The van der Waals surface area contributed by atoms with Crippen molar-refractivity contribution in [3.63, 3.8) is 0 Å². The minimum absolute atomic E-state index is 0.344. The van der Waals surface area contributed by atoms with Gasteiger partial charge in [0.05, 0.1) is 6.61 Å². The molecule has 15 heavy (non-hydrogen) atoms. The predicted molar refractivity (Wildman–Crippen MR) is 60.4 cm³/mol. The van der Waals surface area contributed by atoms with E-state index in [2.05, 4.69) is 13.8 Å². The zero-order chi connectivity index (χ0) is 10.9. The molecule has 1 N–H and O–H groups in total. The first kappa shape index (κ1) is 11.0. The van der Waals surface area contributed by atoms with Gasteiger partial charge in [-0.25, -0.2) is 0 Å². The molecule has 0 amide bonds. The van der Waals surface area contributed by atoms with Crippen molar-refractivity contribution in [3.8, 4) is 0 Å². The van der Waals surface area contributed by atoms with E-state index in [0.717, 1.165) is 31.6 Å². The van der Waals surface area contributed by atoms with E-state index in [4.69, 9.17) is 4.74 Å². The average Bonchev–Trinajstić information content (AvgIpc) is 2.69. The van der Waals surface area contributed by atoms with Gasteiger partial charge >= 0.3 is 0 Å². The number of hydrogen-bond donors (Lipinski definition) is 1. The summed E-state index contributed by atoms with van der Waals surface area (Å²) in [5, 5.41) is 10.2.